The third kappa shape index (κ3) is 3.46. The summed E-state index contributed by atoms with van der Waals surface area (Å²) in [6.45, 7) is 1.32. The van der Waals surface area contributed by atoms with Gasteiger partial charge in [0.1, 0.15) is 18.2 Å². The van der Waals surface area contributed by atoms with E-state index in [0.29, 0.717) is 26.2 Å². The van der Waals surface area contributed by atoms with E-state index in [1.54, 1.807) is 9.80 Å². The first-order valence-corrected chi connectivity index (χ1v) is 9.16. The predicted molar refractivity (Wildman–Crippen MR) is 100 cm³/mol. The Morgan fingerprint density at radius 1 is 0.926 bits per heavy atom. The summed E-state index contributed by atoms with van der Waals surface area (Å²) >= 11 is 0. The number of aliphatic hydroxyl groups is 1. The number of β-amino-alcohol motifs (C(OH)–C–C–N with tert-alkyl or cyclic N) is 1. The lowest BCUT2D eigenvalue weighted by Gasteiger charge is -2.51. The molecule has 0 spiro atoms. The largest absolute Gasteiger partial charge is 0.384 e. The molecule has 0 bridgehead atoms. The van der Waals surface area contributed by atoms with Crippen molar-refractivity contribution in [2.24, 2.45) is 0 Å². The van der Waals surface area contributed by atoms with Crippen molar-refractivity contribution in [1.82, 2.24) is 15.1 Å². The van der Waals surface area contributed by atoms with E-state index < -0.39 is 11.6 Å². The monoisotopic (exact) mass is 365 g/mol. The van der Waals surface area contributed by atoms with Crippen molar-refractivity contribution in [3.8, 4) is 0 Å². The highest BCUT2D eigenvalue weighted by Gasteiger charge is 2.54. The molecule has 2 aliphatic heterocycles. The Labute approximate surface area is 158 Å². The summed E-state index contributed by atoms with van der Waals surface area (Å²) in [5.74, 6) is -0.335. The van der Waals surface area contributed by atoms with E-state index in [1.807, 2.05) is 60.7 Å². The highest BCUT2D eigenvalue weighted by atomic mass is 16.3. The van der Waals surface area contributed by atoms with Crippen LogP contribution in [0.15, 0.2) is 60.7 Å². The standard InChI is InChI=1S/C21H23N3O3/c25-18-13-23(11-16-7-3-1-4-8-16)20(26)19(21(27)14-22-15-21)24(18)12-17-9-5-2-6-10-17/h1-10,19,22,27H,11-15H2/t19-/m0/s1. The molecule has 2 amide bonds. The van der Waals surface area contributed by atoms with Gasteiger partial charge in [-0.2, -0.15) is 0 Å². The van der Waals surface area contributed by atoms with Crippen LogP contribution in [0.4, 0.5) is 0 Å². The second kappa shape index (κ2) is 7.13. The average molecular weight is 365 g/mol. The fraction of sp³-hybridized carbons (Fsp3) is 0.333. The number of benzene rings is 2. The van der Waals surface area contributed by atoms with Gasteiger partial charge in [0.2, 0.25) is 11.8 Å². The minimum Gasteiger partial charge on any atom is -0.384 e. The van der Waals surface area contributed by atoms with Gasteiger partial charge in [-0.1, -0.05) is 60.7 Å². The minimum atomic E-state index is -1.23. The fourth-order valence-electron chi connectivity index (χ4n) is 3.77. The molecular weight excluding hydrogens is 342 g/mol. The third-order valence-corrected chi connectivity index (χ3v) is 5.29. The summed E-state index contributed by atoms with van der Waals surface area (Å²) in [5.41, 5.74) is 0.681. The molecule has 1 atom stereocenters. The number of carbonyl (C=O) groups is 2. The number of nitrogens with one attached hydrogen (secondary N) is 1. The fourth-order valence-corrected chi connectivity index (χ4v) is 3.77. The van der Waals surface area contributed by atoms with E-state index in [0.717, 1.165) is 11.1 Å². The lowest BCUT2D eigenvalue weighted by Crippen LogP contribution is -2.76. The van der Waals surface area contributed by atoms with Gasteiger partial charge < -0.3 is 20.2 Å². The van der Waals surface area contributed by atoms with Crippen molar-refractivity contribution in [3.63, 3.8) is 0 Å². The minimum absolute atomic E-state index is 0.0283. The van der Waals surface area contributed by atoms with Crippen molar-refractivity contribution >= 4 is 11.8 Å². The second-order valence-corrected chi connectivity index (χ2v) is 7.30. The smallest absolute Gasteiger partial charge is 0.249 e. The van der Waals surface area contributed by atoms with Crippen LogP contribution in [0.5, 0.6) is 0 Å². The highest BCUT2D eigenvalue weighted by molar-refractivity contribution is 5.96. The molecule has 2 aromatic carbocycles. The van der Waals surface area contributed by atoms with Crippen LogP contribution in [0.25, 0.3) is 0 Å². The first kappa shape index (κ1) is 17.7. The molecule has 6 nitrogen and oxygen atoms in total. The molecule has 2 N–H and O–H groups in total. The van der Waals surface area contributed by atoms with Gasteiger partial charge in [0.15, 0.2) is 0 Å². The SMILES string of the molecule is O=C1[C@@H](C2(O)CNC2)N(Cc2ccccc2)C(=O)CN1Cc1ccccc1. The normalized spacial score (nSPS) is 21.9. The van der Waals surface area contributed by atoms with Gasteiger partial charge in [0, 0.05) is 26.2 Å². The highest BCUT2D eigenvalue weighted by Crippen LogP contribution is 2.28. The molecule has 0 radical (unpaired) electrons. The molecule has 27 heavy (non-hydrogen) atoms. The molecule has 2 aromatic rings. The van der Waals surface area contributed by atoms with Crippen molar-refractivity contribution < 1.29 is 14.7 Å². The van der Waals surface area contributed by atoms with E-state index in [9.17, 15) is 14.7 Å². The summed E-state index contributed by atoms with van der Waals surface area (Å²) < 4.78 is 0. The molecule has 0 aromatic heterocycles. The van der Waals surface area contributed by atoms with E-state index in [2.05, 4.69) is 5.32 Å². The van der Waals surface area contributed by atoms with Crippen LogP contribution < -0.4 is 5.32 Å². The van der Waals surface area contributed by atoms with Crippen LogP contribution >= 0.6 is 0 Å². The van der Waals surface area contributed by atoms with Gasteiger partial charge in [-0.25, -0.2) is 0 Å². The number of amides is 2. The van der Waals surface area contributed by atoms with E-state index in [-0.39, 0.29) is 18.4 Å². The van der Waals surface area contributed by atoms with E-state index in [4.69, 9.17) is 0 Å². The number of piperazine rings is 1. The molecule has 6 heteroatoms. The Hall–Kier alpha value is -2.70. The number of hydrogen-bond donors (Lipinski definition) is 2. The molecule has 0 saturated carbocycles. The van der Waals surface area contributed by atoms with Crippen LogP contribution in [0.3, 0.4) is 0 Å². The lowest BCUT2D eigenvalue weighted by atomic mass is 9.84. The second-order valence-electron chi connectivity index (χ2n) is 7.30. The molecule has 0 unspecified atom stereocenters. The molecule has 2 fully saturated rings. The quantitative estimate of drug-likeness (QED) is 0.821. The maximum absolute atomic E-state index is 13.3. The van der Waals surface area contributed by atoms with Gasteiger partial charge in [0.05, 0.1) is 0 Å². The third-order valence-electron chi connectivity index (χ3n) is 5.29. The van der Waals surface area contributed by atoms with Crippen LogP contribution in [-0.4, -0.2) is 58.0 Å². The number of hydrogen-bond acceptors (Lipinski definition) is 4. The Morgan fingerprint density at radius 3 is 2.00 bits per heavy atom. The van der Waals surface area contributed by atoms with Gasteiger partial charge in [-0.15, -0.1) is 0 Å². The van der Waals surface area contributed by atoms with Gasteiger partial charge in [-0.05, 0) is 11.1 Å². The van der Waals surface area contributed by atoms with Crippen LogP contribution in [0.2, 0.25) is 0 Å². The maximum Gasteiger partial charge on any atom is 0.249 e. The summed E-state index contributed by atoms with van der Waals surface area (Å²) in [4.78, 5) is 29.3. The Kier molecular flexibility index (Phi) is 4.68. The van der Waals surface area contributed by atoms with Gasteiger partial charge in [-0.3, -0.25) is 9.59 Å². The summed E-state index contributed by atoms with van der Waals surface area (Å²) in [6, 6.07) is 18.3. The van der Waals surface area contributed by atoms with E-state index >= 15 is 0 Å². The van der Waals surface area contributed by atoms with Gasteiger partial charge in [0.25, 0.3) is 0 Å². The Bertz CT molecular complexity index is 821. The predicted octanol–water partition coefficient (Wildman–Crippen LogP) is 0.761. The lowest BCUT2D eigenvalue weighted by molar-refractivity contribution is -0.174. The molecular formula is C21H23N3O3. The molecule has 2 aliphatic rings. The Morgan fingerprint density at radius 2 is 1.48 bits per heavy atom. The summed E-state index contributed by atoms with van der Waals surface area (Å²) in [6.07, 6.45) is 0. The molecule has 140 valence electrons. The summed E-state index contributed by atoms with van der Waals surface area (Å²) in [7, 11) is 0. The number of nitrogens with zero attached hydrogens (tertiary/aromatic N) is 2. The molecule has 0 aliphatic carbocycles. The molecule has 2 saturated heterocycles. The summed E-state index contributed by atoms with van der Waals surface area (Å²) in [5, 5.41) is 14.0. The zero-order valence-electron chi connectivity index (χ0n) is 15.0. The zero-order valence-corrected chi connectivity index (χ0v) is 15.0. The number of carbonyl (C=O) groups excluding carboxylic acids is 2. The molecule has 4 rings (SSSR count). The Balaban J connectivity index is 1.61. The van der Waals surface area contributed by atoms with Crippen molar-refractivity contribution in [3.05, 3.63) is 71.8 Å². The first-order valence-electron chi connectivity index (χ1n) is 9.16. The van der Waals surface area contributed by atoms with Gasteiger partial charge >= 0.3 is 0 Å². The number of rotatable bonds is 5. The zero-order chi connectivity index (χ0) is 18.9. The maximum atomic E-state index is 13.3. The topological polar surface area (TPSA) is 72.9 Å². The first-order chi connectivity index (χ1) is 13.1. The van der Waals surface area contributed by atoms with Crippen molar-refractivity contribution in [2.45, 2.75) is 24.7 Å². The van der Waals surface area contributed by atoms with Crippen molar-refractivity contribution in [1.29, 1.82) is 0 Å². The van der Waals surface area contributed by atoms with Crippen molar-refractivity contribution in [2.75, 3.05) is 19.6 Å². The molecule has 2 heterocycles. The van der Waals surface area contributed by atoms with Crippen LogP contribution in [-0.2, 0) is 22.7 Å². The van der Waals surface area contributed by atoms with Crippen LogP contribution in [0.1, 0.15) is 11.1 Å². The van der Waals surface area contributed by atoms with E-state index in [1.165, 1.54) is 0 Å². The van der Waals surface area contributed by atoms with Crippen LogP contribution in [0, 0.1) is 0 Å². The average Bonchev–Trinajstić information content (AvgIpc) is 2.66.